The first kappa shape index (κ1) is 17.3. The van der Waals surface area contributed by atoms with Crippen LogP contribution in [0.3, 0.4) is 0 Å². The van der Waals surface area contributed by atoms with Crippen molar-refractivity contribution >= 4 is 34.4 Å². The predicted molar refractivity (Wildman–Crippen MR) is 101 cm³/mol. The molecule has 1 fully saturated rings. The molecule has 1 saturated heterocycles. The maximum Gasteiger partial charge on any atom is 0.173 e. The van der Waals surface area contributed by atoms with Gasteiger partial charge in [-0.3, -0.25) is 0 Å². The highest BCUT2D eigenvalue weighted by molar-refractivity contribution is 7.80. The minimum absolute atomic E-state index is 0.208. The second kappa shape index (κ2) is 8.05. The minimum Gasteiger partial charge on any atom is -0.376 e. The Kier molecular flexibility index (Phi) is 5.81. The number of rotatable bonds is 5. The summed E-state index contributed by atoms with van der Waals surface area (Å²) in [5, 5.41) is 5.82. The molecule has 1 aromatic carbocycles. The monoisotopic (exact) mass is 364 g/mol. The molecule has 2 aromatic rings. The van der Waals surface area contributed by atoms with E-state index in [2.05, 4.69) is 21.7 Å². The SMILES string of the molecule is Cc1ccc(NC(=S)N(Cc2cccs2)C[C@@H]2CCCO2)cc1F. The highest BCUT2D eigenvalue weighted by Crippen LogP contribution is 2.19. The molecule has 0 unspecified atom stereocenters. The van der Waals surface area contributed by atoms with Crippen LogP contribution in [0.25, 0.3) is 0 Å². The fourth-order valence-electron chi connectivity index (χ4n) is 2.72. The quantitative estimate of drug-likeness (QED) is 0.785. The van der Waals surface area contributed by atoms with Crippen LogP contribution in [0.2, 0.25) is 0 Å². The lowest BCUT2D eigenvalue weighted by atomic mass is 10.2. The molecule has 0 radical (unpaired) electrons. The summed E-state index contributed by atoms with van der Waals surface area (Å²) in [6.07, 6.45) is 2.36. The molecular weight excluding hydrogens is 343 g/mol. The Bertz CT molecular complexity index is 684. The van der Waals surface area contributed by atoms with E-state index in [1.54, 1.807) is 24.3 Å². The van der Waals surface area contributed by atoms with Crippen molar-refractivity contribution in [2.75, 3.05) is 18.5 Å². The van der Waals surface area contributed by atoms with Gasteiger partial charge in [0, 0.05) is 23.7 Å². The molecule has 128 valence electrons. The number of ether oxygens (including phenoxy) is 1. The van der Waals surface area contributed by atoms with Crippen LogP contribution < -0.4 is 5.32 Å². The number of aryl methyl sites for hydroxylation is 1. The molecule has 1 aromatic heterocycles. The summed E-state index contributed by atoms with van der Waals surface area (Å²) in [4.78, 5) is 3.35. The number of halogens is 1. The molecule has 1 N–H and O–H groups in total. The molecule has 3 nitrogen and oxygen atoms in total. The van der Waals surface area contributed by atoms with Crippen molar-refractivity contribution in [2.24, 2.45) is 0 Å². The van der Waals surface area contributed by atoms with E-state index in [9.17, 15) is 4.39 Å². The van der Waals surface area contributed by atoms with Crippen LogP contribution in [0.4, 0.5) is 10.1 Å². The Morgan fingerprint density at radius 1 is 1.46 bits per heavy atom. The lowest BCUT2D eigenvalue weighted by molar-refractivity contribution is 0.0907. The van der Waals surface area contributed by atoms with Gasteiger partial charge < -0.3 is 15.0 Å². The molecule has 0 amide bonds. The Morgan fingerprint density at radius 2 is 2.33 bits per heavy atom. The van der Waals surface area contributed by atoms with Crippen LogP contribution in [0, 0.1) is 12.7 Å². The van der Waals surface area contributed by atoms with Gasteiger partial charge in [-0.25, -0.2) is 4.39 Å². The van der Waals surface area contributed by atoms with Gasteiger partial charge in [0.2, 0.25) is 0 Å². The number of hydrogen-bond acceptors (Lipinski definition) is 3. The molecule has 6 heteroatoms. The third-order valence-corrected chi connectivity index (χ3v) is 5.31. The molecule has 1 aliphatic heterocycles. The number of anilines is 1. The Labute approximate surface area is 151 Å². The van der Waals surface area contributed by atoms with Gasteiger partial charge >= 0.3 is 0 Å². The van der Waals surface area contributed by atoms with E-state index in [1.165, 1.54) is 10.9 Å². The Morgan fingerprint density at radius 3 is 3.00 bits per heavy atom. The largest absolute Gasteiger partial charge is 0.376 e. The number of thiocarbonyl (C=S) groups is 1. The van der Waals surface area contributed by atoms with Gasteiger partial charge in [0.15, 0.2) is 5.11 Å². The average Bonchev–Trinajstić information content (AvgIpc) is 3.24. The Balaban J connectivity index is 1.70. The third-order valence-electron chi connectivity index (χ3n) is 4.09. The third kappa shape index (κ3) is 4.53. The number of hydrogen-bond donors (Lipinski definition) is 1. The van der Waals surface area contributed by atoms with Gasteiger partial charge in [-0.2, -0.15) is 0 Å². The van der Waals surface area contributed by atoms with Crippen LogP contribution in [0.1, 0.15) is 23.3 Å². The first-order valence-corrected chi connectivity index (χ1v) is 9.36. The van der Waals surface area contributed by atoms with Crippen molar-refractivity contribution < 1.29 is 9.13 Å². The molecule has 0 spiro atoms. The molecule has 0 saturated carbocycles. The van der Waals surface area contributed by atoms with E-state index in [1.807, 2.05) is 12.1 Å². The van der Waals surface area contributed by atoms with Crippen molar-refractivity contribution in [1.82, 2.24) is 4.90 Å². The minimum atomic E-state index is -0.230. The average molecular weight is 365 g/mol. The van der Waals surface area contributed by atoms with E-state index in [-0.39, 0.29) is 11.9 Å². The molecule has 3 rings (SSSR count). The van der Waals surface area contributed by atoms with Gasteiger partial charge in [0.25, 0.3) is 0 Å². The van der Waals surface area contributed by atoms with E-state index >= 15 is 0 Å². The zero-order valence-electron chi connectivity index (χ0n) is 13.6. The van der Waals surface area contributed by atoms with Crippen molar-refractivity contribution in [3.63, 3.8) is 0 Å². The van der Waals surface area contributed by atoms with E-state index in [0.29, 0.717) is 16.4 Å². The zero-order valence-corrected chi connectivity index (χ0v) is 15.3. The second-order valence-electron chi connectivity index (χ2n) is 5.99. The lowest BCUT2D eigenvalue weighted by Gasteiger charge is -2.28. The number of nitrogens with one attached hydrogen (secondary N) is 1. The molecule has 0 bridgehead atoms. The molecule has 2 heterocycles. The maximum atomic E-state index is 13.7. The summed E-state index contributed by atoms with van der Waals surface area (Å²) in [6, 6.07) is 9.22. The van der Waals surface area contributed by atoms with Crippen molar-refractivity contribution in [3.05, 3.63) is 52.0 Å². The molecular formula is C18H21FN2OS2. The first-order chi connectivity index (χ1) is 11.6. The first-order valence-electron chi connectivity index (χ1n) is 8.08. The van der Waals surface area contributed by atoms with Crippen molar-refractivity contribution in [2.45, 2.75) is 32.4 Å². The Hall–Kier alpha value is -1.50. The van der Waals surface area contributed by atoms with Crippen LogP contribution in [0.5, 0.6) is 0 Å². The van der Waals surface area contributed by atoms with Crippen LogP contribution in [-0.4, -0.2) is 29.3 Å². The van der Waals surface area contributed by atoms with E-state index in [4.69, 9.17) is 17.0 Å². The topological polar surface area (TPSA) is 24.5 Å². The molecule has 1 aliphatic rings. The summed E-state index contributed by atoms with van der Waals surface area (Å²) in [5.74, 6) is -0.230. The number of benzene rings is 1. The van der Waals surface area contributed by atoms with E-state index < -0.39 is 0 Å². The van der Waals surface area contributed by atoms with E-state index in [0.717, 1.165) is 32.5 Å². The van der Waals surface area contributed by atoms with Gasteiger partial charge in [0.05, 0.1) is 12.6 Å². The van der Waals surface area contributed by atoms with Crippen LogP contribution >= 0.6 is 23.6 Å². The summed E-state index contributed by atoms with van der Waals surface area (Å²) in [7, 11) is 0. The van der Waals surface area contributed by atoms with Gasteiger partial charge in [-0.15, -0.1) is 11.3 Å². The van der Waals surface area contributed by atoms with Gasteiger partial charge in [-0.05, 0) is 61.1 Å². The number of nitrogens with zero attached hydrogens (tertiary/aromatic N) is 1. The van der Waals surface area contributed by atoms with Crippen molar-refractivity contribution in [3.8, 4) is 0 Å². The summed E-state index contributed by atoms with van der Waals surface area (Å²) >= 11 is 7.29. The molecule has 1 atom stereocenters. The van der Waals surface area contributed by atoms with Crippen LogP contribution in [-0.2, 0) is 11.3 Å². The summed E-state index contributed by atoms with van der Waals surface area (Å²) < 4.78 is 19.5. The highest BCUT2D eigenvalue weighted by atomic mass is 32.1. The van der Waals surface area contributed by atoms with Crippen molar-refractivity contribution in [1.29, 1.82) is 0 Å². The predicted octanol–water partition coefficient (Wildman–Crippen LogP) is 4.57. The number of thiophene rings is 1. The lowest BCUT2D eigenvalue weighted by Crippen LogP contribution is -2.39. The van der Waals surface area contributed by atoms with Crippen LogP contribution in [0.15, 0.2) is 35.7 Å². The van der Waals surface area contributed by atoms with Gasteiger partial charge in [0.1, 0.15) is 5.82 Å². The molecule has 24 heavy (non-hydrogen) atoms. The maximum absolute atomic E-state index is 13.7. The molecule has 0 aliphatic carbocycles. The standard InChI is InChI=1S/C18H21FN2OS2/c1-13-6-7-14(10-17(13)19)20-18(23)21(11-15-4-2-8-22-15)12-16-5-3-9-24-16/h3,5-7,9-10,15H,2,4,8,11-12H2,1H3,(H,20,23)/t15-/m0/s1. The van der Waals surface area contributed by atoms with Gasteiger partial charge in [-0.1, -0.05) is 12.1 Å². The second-order valence-corrected chi connectivity index (χ2v) is 7.41. The highest BCUT2D eigenvalue weighted by Gasteiger charge is 2.21. The summed E-state index contributed by atoms with van der Waals surface area (Å²) in [5.41, 5.74) is 1.30. The normalized spacial score (nSPS) is 17.0. The smallest absolute Gasteiger partial charge is 0.173 e. The summed E-state index contributed by atoms with van der Waals surface area (Å²) in [6.45, 7) is 4.05. The fourth-order valence-corrected chi connectivity index (χ4v) is 3.69. The fraction of sp³-hybridized carbons (Fsp3) is 0.389. The zero-order chi connectivity index (χ0) is 16.9.